The summed E-state index contributed by atoms with van der Waals surface area (Å²) in [4.78, 5) is 19.3. The molecular weight excluding hydrogens is 288 g/mol. The highest BCUT2D eigenvalue weighted by Gasteiger charge is 2.35. The third kappa shape index (κ3) is 3.19. The van der Waals surface area contributed by atoms with Crippen LogP contribution in [0, 0.1) is 12.8 Å². The summed E-state index contributed by atoms with van der Waals surface area (Å²) in [5.74, 6) is 1.75. The molecule has 1 atom stereocenters. The molecule has 1 amide bonds. The van der Waals surface area contributed by atoms with Gasteiger partial charge in [-0.15, -0.1) is 0 Å². The highest BCUT2D eigenvalue weighted by Crippen LogP contribution is 2.25. The Labute approximate surface area is 137 Å². The Hall–Kier alpha value is -2.04. The number of aromatic nitrogens is 3. The Kier molecular flexibility index (Phi) is 4.28. The van der Waals surface area contributed by atoms with Gasteiger partial charge in [-0.2, -0.15) is 0 Å². The van der Waals surface area contributed by atoms with Crippen molar-refractivity contribution in [2.75, 3.05) is 13.1 Å². The van der Waals surface area contributed by atoms with Gasteiger partial charge < -0.3 is 14.0 Å². The molecule has 3 rings (SSSR count). The van der Waals surface area contributed by atoms with Crippen LogP contribution in [-0.2, 0) is 16.9 Å². The van der Waals surface area contributed by atoms with Crippen LogP contribution >= 0.6 is 0 Å². The fourth-order valence-corrected chi connectivity index (χ4v) is 3.48. The first-order valence-corrected chi connectivity index (χ1v) is 8.39. The van der Waals surface area contributed by atoms with Gasteiger partial charge in [0.25, 0.3) is 0 Å². The molecule has 0 unspecified atom stereocenters. The zero-order chi connectivity index (χ0) is 16.4. The molecule has 5 heteroatoms. The summed E-state index contributed by atoms with van der Waals surface area (Å²) in [5, 5.41) is 0. The maximum absolute atomic E-state index is 13.0. The average Bonchev–Trinajstić information content (AvgIpc) is 3.20. The molecule has 1 aliphatic heterocycles. The lowest BCUT2D eigenvalue weighted by Gasteiger charge is -2.38. The molecule has 0 bridgehead atoms. The molecule has 23 heavy (non-hydrogen) atoms. The molecular formula is C18H26N4O. The van der Waals surface area contributed by atoms with E-state index in [0.717, 1.165) is 31.9 Å². The number of piperidine rings is 1. The summed E-state index contributed by atoms with van der Waals surface area (Å²) in [6.07, 6.45) is 10.1. The minimum absolute atomic E-state index is 0.209. The van der Waals surface area contributed by atoms with Crippen molar-refractivity contribution < 1.29 is 4.79 Å². The predicted molar refractivity (Wildman–Crippen MR) is 90.0 cm³/mol. The number of nitrogens with zero attached hydrogens (tertiary/aromatic N) is 4. The van der Waals surface area contributed by atoms with Crippen LogP contribution in [0.4, 0.5) is 0 Å². The Balaban J connectivity index is 1.68. The molecule has 1 saturated heterocycles. The van der Waals surface area contributed by atoms with E-state index in [9.17, 15) is 4.79 Å². The highest BCUT2D eigenvalue weighted by molar-refractivity contribution is 5.83. The van der Waals surface area contributed by atoms with Gasteiger partial charge in [0.2, 0.25) is 5.91 Å². The monoisotopic (exact) mass is 314 g/mol. The molecule has 5 nitrogen and oxygen atoms in total. The Bertz CT molecular complexity index is 656. The number of carbonyl (C=O) groups is 1. The van der Waals surface area contributed by atoms with Crippen LogP contribution in [0.1, 0.15) is 32.5 Å². The maximum Gasteiger partial charge on any atom is 0.248 e. The summed E-state index contributed by atoms with van der Waals surface area (Å²) >= 11 is 0. The van der Waals surface area contributed by atoms with Gasteiger partial charge in [0, 0.05) is 44.4 Å². The quantitative estimate of drug-likeness (QED) is 0.871. The fourth-order valence-electron chi connectivity index (χ4n) is 3.48. The predicted octanol–water partition coefficient (Wildman–Crippen LogP) is 2.67. The normalized spacial score (nSPS) is 19.1. The van der Waals surface area contributed by atoms with Crippen LogP contribution < -0.4 is 0 Å². The average molecular weight is 314 g/mol. The molecule has 0 spiro atoms. The van der Waals surface area contributed by atoms with Gasteiger partial charge in [-0.25, -0.2) is 4.98 Å². The molecule has 0 radical (unpaired) electrons. The summed E-state index contributed by atoms with van der Waals surface area (Å²) in [7, 11) is 0. The number of imidazole rings is 1. The Morgan fingerprint density at radius 2 is 2.04 bits per heavy atom. The molecule has 0 aromatic carbocycles. The first kappa shape index (κ1) is 15.8. The smallest absolute Gasteiger partial charge is 0.248 e. The van der Waals surface area contributed by atoms with Crippen LogP contribution in [0.25, 0.3) is 0 Å². The zero-order valence-electron chi connectivity index (χ0n) is 14.3. The third-order valence-electron chi connectivity index (χ3n) is 4.96. The fraction of sp³-hybridized carbons (Fsp3) is 0.556. The summed E-state index contributed by atoms with van der Waals surface area (Å²) in [6.45, 7) is 8.67. The number of aryl methyl sites for hydroxylation is 1. The van der Waals surface area contributed by atoms with Crippen molar-refractivity contribution in [2.24, 2.45) is 5.92 Å². The Morgan fingerprint density at radius 3 is 2.70 bits per heavy atom. The van der Waals surface area contributed by atoms with Gasteiger partial charge in [0.15, 0.2) is 0 Å². The van der Waals surface area contributed by atoms with Crippen molar-refractivity contribution in [3.63, 3.8) is 0 Å². The standard InChI is InChI=1S/C18H26N4O/c1-15-19-8-12-20(15)13-16-7-6-9-21(14-16)17(23)18(2,3)22-10-4-5-11-22/h4-5,8,10-12,16H,6-7,9,13-14H2,1-3H3/t16-/m0/s1. The largest absolute Gasteiger partial charge is 0.340 e. The van der Waals surface area contributed by atoms with E-state index in [1.807, 2.05) is 67.2 Å². The summed E-state index contributed by atoms with van der Waals surface area (Å²) in [6, 6.07) is 3.94. The van der Waals surface area contributed by atoms with Gasteiger partial charge in [-0.05, 0) is 51.7 Å². The summed E-state index contributed by atoms with van der Waals surface area (Å²) in [5.41, 5.74) is -0.531. The second-order valence-electron chi connectivity index (χ2n) is 7.04. The topological polar surface area (TPSA) is 43.1 Å². The van der Waals surface area contributed by atoms with Crippen molar-refractivity contribution in [1.29, 1.82) is 0 Å². The van der Waals surface area contributed by atoms with Gasteiger partial charge in [-0.1, -0.05) is 0 Å². The number of likely N-dealkylation sites (tertiary alicyclic amines) is 1. The summed E-state index contributed by atoms with van der Waals surface area (Å²) < 4.78 is 4.19. The van der Waals surface area contributed by atoms with Crippen molar-refractivity contribution in [2.45, 2.75) is 45.7 Å². The molecule has 1 aliphatic rings. The van der Waals surface area contributed by atoms with Crippen LogP contribution in [-0.4, -0.2) is 38.0 Å². The van der Waals surface area contributed by atoms with E-state index in [-0.39, 0.29) is 5.91 Å². The van der Waals surface area contributed by atoms with E-state index in [1.165, 1.54) is 6.42 Å². The van der Waals surface area contributed by atoms with Crippen molar-refractivity contribution in [1.82, 2.24) is 19.0 Å². The lowest BCUT2D eigenvalue weighted by atomic mass is 9.95. The van der Waals surface area contributed by atoms with Gasteiger partial charge in [0.1, 0.15) is 11.4 Å². The number of rotatable bonds is 4. The van der Waals surface area contributed by atoms with Crippen molar-refractivity contribution in [3.8, 4) is 0 Å². The van der Waals surface area contributed by atoms with E-state index < -0.39 is 5.54 Å². The lowest BCUT2D eigenvalue weighted by molar-refractivity contribution is -0.141. The molecule has 124 valence electrons. The van der Waals surface area contributed by atoms with E-state index in [2.05, 4.69) is 9.55 Å². The first-order chi connectivity index (χ1) is 11.0. The number of hydrogen-bond donors (Lipinski definition) is 0. The number of carbonyl (C=O) groups excluding carboxylic acids is 1. The molecule has 0 saturated carbocycles. The molecule has 0 aliphatic carbocycles. The van der Waals surface area contributed by atoms with E-state index in [0.29, 0.717) is 5.92 Å². The van der Waals surface area contributed by atoms with Crippen molar-refractivity contribution in [3.05, 3.63) is 42.7 Å². The van der Waals surface area contributed by atoms with Crippen LogP contribution in [0.5, 0.6) is 0 Å². The second-order valence-corrected chi connectivity index (χ2v) is 7.04. The van der Waals surface area contributed by atoms with Gasteiger partial charge in [-0.3, -0.25) is 4.79 Å². The SMILES string of the molecule is Cc1nccn1C[C@@H]1CCCN(C(=O)C(C)(C)n2cccc2)C1. The third-order valence-corrected chi connectivity index (χ3v) is 4.96. The highest BCUT2D eigenvalue weighted by atomic mass is 16.2. The van der Waals surface area contributed by atoms with E-state index >= 15 is 0 Å². The van der Waals surface area contributed by atoms with E-state index in [1.54, 1.807) is 0 Å². The van der Waals surface area contributed by atoms with Crippen LogP contribution in [0.3, 0.4) is 0 Å². The van der Waals surface area contributed by atoms with Gasteiger partial charge in [0.05, 0.1) is 0 Å². The molecule has 2 aromatic heterocycles. The van der Waals surface area contributed by atoms with Crippen molar-refractivity contribution >= 4 is 5.91 Å². The number of hydrogen-bond acceptors (Lipinski definition) is 2. The van der Waals surface area contributed by atoms with Crippen LogP contribution in [0.15, 0.2) is 36.9 Å². The minimum atomic E-state index is -0.531. The van der Waals surface area contributed by atoms with Crippen LogP contribution in [0.2, 0.25) is 0 Å². The molecule has 3 heterocycles. The molecule has 2 aromatic rings. The lowest BCUT2D eigenvalue weighted by Crippen LogP contribution is -2.50. The first-order valence-electron chi connectivity index (χ1n) is 8.39. The zero-order valence-corrected chi connectivity index (χ0v) is 14.3. The Morgan fingerprint density at radius 1 is 1.30 bits per heavy atom. The number of amides is 1. The van der Waals surface area contributed by atoms with E-state index in [4.69, 9.17) is 0 Å². The molecule has 0 N–H and O–H groups in total. The second kappa shape index (κ2) is 6.22. The maximum atomic E-state index is 13.0. The van der Waals surface area contributed by atoms with Gasteiger partial charge >= 0.3 is 0 Å². The minimum Gasteiger partial charge on any atom is -0.340 e. The molecule has 1 fully saturated rings.